The first kappa shape index (κ1) is 8.33. The first-order valence-corrected chi connectivity index (χ1v) is 3.71. The molecule has 0 spiro atoms. The molecule has 1 fully saturated rings. The molecule has 1 aliphatic heterocycles. The second kappa shape index (κ2) is 3.09. The van der Waals surface area contributed by atoms with Gasteiger partial charge in [-0.3, -0.25) is 9.59 Å². The first-order valence-electron chi connectivity index (χ1n) is 3.27. The molecule has 1 aliphatic rings. The van der Waals surface area contributed by atoms with E-state index in [0.717, 1.165) is 0 Å². The van der Waals surface area contributed by atoms with Crippen LogP contribution in [0.2, 0.25) is 0 Å². The molecule has 1 rings (SSSR count). The van der Waals surface area contributed by atoms with Crippen molar-refractivity contribution in [2.75, 3.05) is 0 Å². The van der Waals surface area contributed by atoms with Crippen LogP contribution in [0.4, 0.5) is 0 Å². The van der Waals surface area contributed by atoms with Gasteiger partial charge in [0.2, 0.25) is 5.91 Å². The summed E-state index contributed by atoms with van der Waals surface area (Å²) < 4.78 is 0. The summed E-state index contributed by atoms with van der Waals surface area (Å²) in [4.78, 5) is 20.9. The molecule has 0 bridgehead atoms. The van der Waals surface area contributed by atoms with Crippen molar-refractivity contribution < 1.29 is 14.7 Å². The molecule has 0 aliphatic carbocycles. The number of rotatable bonds is 2. The van der Waals surface area contributed by atoms with Crippen LogP contribution in [0.25, 0.3) is 0 Å². The van der Waals surface area contributed by atoms with E-state index < -0.39 is 17.4 Å². The Morgan fingerprint density at radius 3 is 2.82 bits per heavy atom. The summed E-state index contributed by atoms with van der Waals surface area (Å²) >= 11 is 5.47. The minimum absolute atomic E-state index is 0.123. The van der Waals surface area contributed by atoms with Crippen LogP contribution in [0.5, 0.6) is 0 Å². The van der Waals surface area contributed by atoms with Crippen LogP contribution >= 0.6 is 11.6 Å². The average Bonchev–Trinajstić information content (AvgIpc) is 2.34. The Morgan fingerprint density at radius 2 is 2.45 bits per heavy atom. The molecule has 0 aromatic heterocycles. The van der Waals surface area contributed by atoms with Crippen LogP contribution in [0.1, 0.15) is 12.8 Å². The van der Waals surface area contributed by atoms with E-state index in [-0.39, 0.29) is 5.91 Å². The lowest BCUT2D eigenvalue weighted by Crippen LogP contribution is -2.37. The van der Waals surface area contributed by atoms with Gasteiger partial charge >= 0.3 is 5.97 Å². The van der Waals surface area contributed by atoms with Crippen LogP contribution in [0, 0.1) is 0 Å². The van der Waals surface area contributed by atoms with Gasteiger partial charge in [0.1, 0.15) is 0 Å². The zero-order valence-electron chi connectivity index (χ0n) is 5.71. The molecule has 4 nitrogen and oxygen atoms in total. The Balaban J connectivity index is 2.49. The van der Waals surface area contributed by atoms with Gasteiger partial charge in [-0.15, -0.1) is 11.6 Å². The van der Waals surface area contributed by atoms with Crippen molar-refractivity contribution in [3.63, 3.8) is 0 Å². The standard InChI is InChI=1S/C6H8ClNO3/c7-5(6(10)11)3-1-2-4(9)8-3/h3,5H,1-2H2,(H,8,9)(H,10,11). The number of aliphatic carboxylic acids is 1. The Hall–Kier alpha value is -0.770. The second-order valence-electron chi connectivity index (χ2n) is 2.45. The summed E-state index contributed by atoms with van der Waals surface area (Å²) in [5, 5.41) is 9.93. The third-order valence-corrected chi connectivity index (χ3v) is 2.11. The van der Waals surface area contributed by atoms with Gasteiger partial charge in [0.25, 0.3) is 0 Å². The van der Waals surface area contributed by atoms with Crippen molar-refractivity contribution in [3.8, 4) is 0 Å². The summed E-state index contributed by atoms with van der Waals surface area (Å²) in [5.74, 6) is -1.21. The van der Waals surface area contributed by atoms with Crippen LogP contribution in [0.3, 0.4) is 0 Å². The van der Waals surface area contributed by atoms with Crippen LogP contribution in [0.15, 0.2) is 0 Å². The average molecular weight is 178 g/mol. The van der Waals surface area contributed by atoms with E-state index in [4.69, 9.17) is 16.7 Å². The van der Waals surface area contributed by atoms with Crippen molar-refractivity contribution >= 4 is 23.5 Å². The molecule has 1 amide bonds. The minimum atomic E-state index is -1.08. The number of hydrogen-bond acceptors (Lipinski definition) is 2. The number of carboxylic acid groups (broad SMARTS) is 1. The zero-order chi connectivity index (χ0) is 8.43. The number of nitrogens with one attached hydrogen (secondary N) is 1. The van der Waals surface area contributed by atoms with Gasteiger partial charge in [-0.25, -0.2) is 0 Å². The van der Waals surface area contributed by atoms with Gasteiger partial charge in [0.05, 0.1) is 6.04 Å². The van der Waals surface area contributed by atoms with Gasteiger partial charge < -0.3 is 10.4 Å². The number of amides is 1. The van der Waals surface area contributed by atoms with E-state index in [9.17, 15) is 9.59 Å². The molecule has 1 saturated heterocycles. The fourth-order valence-electron chi connectivity index (χ4n) is 1.03. The molecule has 62 valence electrons. The third kappa shape index (κ3) is 1.83. The van der Waals surface area contributed by atoms with Crippen LogP contribution in [-0.2, 0) is 9.59 Å². The highest BCUT2D eigenvalue weighted by atomic mass is 35.5. The number of alkyl halides is 1. The molecule has 2 N–H and O–H groups in total. The smallest absolute Gasteiger partial charge is 0.323 e. The Kier molecular flexibility index (Phi) is 2.34. The summed E-state index contributed by atoms with van der Waals surface area (Å²) in [6.45, 7) is 0. The molecule has 0 saturated carbocycles. The Morgan fingerprint density at radius 1 is 1.82 bits per heavy atom. The predicted octanol–water partition coefficient (Wildman–Crippen LogP) is -0.0430. The fraction of sp³-hybridized carbons (Fsp3) is 0.667. The summed E-state index contributed by atoms with van der Waals surface area (Å²) in [5.41, 5.74) is 0. The number of carboxylic acids is 1. The number of halogens is 1. The molecule has 5 heteroatoms. The van der Waals surface area contributed by atoms with Gasteiger partial charge in [0.15, 0.2) is 5.38 Å². The van der Waals surface area contributed by atoms with E-state index in [1.165, 1.54) is 0 Å². The maximum Gasteiger partial charge on any atom is 0.323 e. The van der Waals surface area contributed by atoms with Crippen LogP contribution < -0.4 is 5.32 Å². The largest absolute Gasteiger partial charge is 0.480 e. The van der Waals surface area contributed by atoms with E-state index in [1.54, 1.807) is 0 Å². The second-order valence-corrected chi connectivity index (χ2v) is 2.92. The normalized spacial score (nSPS) is 26.3. The number of hydrogen-bond donors (Lipinski definition) is 2. The lowest BCUT2D eigenvalue weighted by molar-refractivity contribution is -0.137. The molecule has 0 aromatic rings. The Bertz CT molecular complexity index is 194. The molecule has 2 atom stereocenters. The minimum Gasteiger partial charge on any atom is -0.480 e. The highest BCUT2D eigenvalue weighted by molar-refractivity contribution is 6.30. The van der Waals surface area contributed by atoms with E-state index in [0.29, 0.717) is 12.8 Å². The van der Waals surface area contributed by atoms with E-state index >= 15 is 0 Å². The van der Waals surface area contributed by atoms with Crippen molar-refractivity contribution in [1.29, 1.82) is 0 Å². The number of carbonyl (C=O) groups excluding carboxylic acids is 1. The van der Waals surface area contributed by atoms with Crippen molar-refractivity contribution in [2.45, 2.75) is 24.3 Å². The summed E-state index contributed by atoms with van der Waals surface area (Å²) in [6.07, 6.45) is 0.889. The maximum absolute atomic E-state index is 10.6. The fourth-order valence-corrected chi connectivity index (χ4v) is 1.22. The topological polar surface area (TPSA) is 66.4 Å². The van der Waals surface area contributed by atoms with Crippen molar-refractivity contribution in [3.05, 3.63) is 0 Å². The molecular formula is C6H8ClNO3. The zero-order valence-corrected chi connectivity index (χ0v) is 6.47. The SMILES string of the molecule is O=C1CCC(C(Cl)C(=O)O)N1. The molecule has 2 unspecified atom stereocenters. The monoisotopic (exact) mass is 177 g/mol. The van der Waals surface area contributed by atoms with Crippen LogP contribution in [-0.4, -0.2) is 28.4 Å². The van der Waals surface area contributed by atoms with Gasteiger partial charge in [0, 0.05) is 6.42 Å². The highest BCUT2D eigenvalue weighted by Crippen LogP contribution is 2.14. The first-order chi connectivity index (χ1) is 5.11. The van der Waals surface area contributed by atoms with Gasteiger partial charge in [-0.1, -0.05) is 0 Å². The predicted molar refractivity (Wildman–Crippen MR) is 38.4 cm³/mol. The number of carbonyl (C=O) groups is 2. The summed E-state index contributed by atoms with van der Waals surface area (Å²) in [6, 6.07) is -0.401. The lowest BCUT2D eigenvalue weighted by atomic mass is 10.1. The van der Waals surface area contributed by atoms with Crippen molar-refractivity contribution in [1.82, 2.24) is 5.32 Å². The quantitative estimate of drug-likeness (QED) is 0.582. The molecular weight excluding hydrogens is 170 g/mol. The van der Waals surface area contributed by atoms with E-state index in [2.05, 4.69) is 5.32 Å². The van der Waals surface area contributed by atoms with Gasteiger partial charge in [-0.05, 0) is 6.42 Å². The lowest BCUT2D eigenvalue weighted by Gasteiger charge is -2.11. The Labute approximate surface area is 68.5 Å². The maximum atomic E-state index is 10.6. The molecule has 0 aromatic carbocycles. The highest BCUT2D eigenvalue weighted by Gasteiger charge is 2.31. The van der Waals surface area contributed by atoms with E-state index in [1.807, 2.05) is 0 Å². The summed E-state index contributed by atoms with van der Waals surface area (Å²) in [7, 11) is 0. The molecule has 0 radical (unpaired) electrons. The molecule has 1 heterocycles. The van der Waals surface area contributed by atoms with Gasteiger partial charge in [-0.2, -0.15) is 0 Å². The third-order valence-electron chi connectivity index (χ3n) is 1.62. The van der Waals surface area contributed by atoms with Crippen molar-refractivity contribution in [2.24, 2.45) is 0 Å². The molecule has 11 heavy (non-hydrogen) atoms.